The first kappa shape index (κ1) is 16.5. The smallest absolute Gasteiger partial charge is 0.170 e. The number of nitrogens with zero attached hydrogens (tertiary/aromatic N) is 2. The Kier molecular flexibility index (Phi) is 6.21. The van der Waals surface area contributed by atoms with Crippen molar-refractivity contribution in [1.82, 2.24) is 14.7 Å². The van der Waals surface area contributed by atoms with Crippen molar-refractivity contribution in [2.24, 2.45) is 0 Å². The Morgan fingerprint density at radius 1 is 1.19 bits per heavy atom. The molecule has 0 aliphatic carbocycles. The molecule has 3 nitrogen and oxygen atoms in total. The number of aromatic nitrogens is 2. The minimum Gasteiger partial charge on any atom is -0.309 e. The van der Waals surface area contributed by atoms with E-state index in [1.54, 1.807) is 11.8 Å². The van der Waals surface area contributed by atoms with Gasteiger partial charge in [-0.15, -0.1) is 0 Å². The van der Waals surface area contributed by atoms with Crippen molar-refractivity contribution in [3.8, 4) is 0 Å². The quantitative estimate of drug-likeness (QED) is 0.777. The van der Waals surface area contributed by atoms with E-state index in [4.69, 9.17) is 0 Å². The van der Waals surface area contributed by atoms with E-state index >= 15 is 0 Å². The maximum atomic E-state index is 4.53. The molecule has 1 aromatic heterocycles. The van der Waals surface area contributed by atoms with Crippen LogP contribution in [0.15, 0.2) is 22.5 Å². The van der Waals surface area contributed by atoms with Crippen LogP contribution < -0.4 is 5.32 Å². The average Bonchev–Trinajstić information content (AvgIpc) is 2.90. The van der Waals surface area contributed by atoms with E-state index < -0.39 is 0 Å². The maximum Gasteiger partial charge on any atom is 0.170 e. The molecule has 21 heavy (non-hydrogen) atoms. The highest BCUT2D eigenvalue weighted by molar-refractivity contribution is 8.00. The monoisotopic (exact) mass is 321 g/mol. The van der Waals surface area contributed by atoms with E-state index in [1.807, 2.05) is 0 Å². The van der Waals surface area contributed by atoms with Crippen LogP contribution >= 0.6 is 23.3 Å². The van der Waals surface area contributed by atoms with Crippen molar-refractivity contribution < 1.29 is 0 Å². The van der Waals surface area contributed by atoms with Gasteiger partial charge in [-0.2, -0.15) is 4.37 Å². The van der Waals surface area contributed by atoms with E-state index in [0.717, 1.165) is 28.9 Å². The zero-order valence-electron chi connectivity index (χ0n) is 13.1. The highest BCUT2D eigenvalue weighted by Gasteiger charge is 2.13. The molecule has 0 fully saturated rings. The van der Waals surface area contributed by atoms with Crippen molar-refractivity contribution in [2.45, 2.75) is 44.5 Å². The summed E-state index contributed by atoms with van der Waals surface area (Å²) < 4.78 is 5.42. The molecule has 0 amide bonds. The van der Waals surface area contributed by atoms with Crippen LogP contribution in [-0.4, -0.2) is 21.7 Å². The Morgan fingerprint density at radius 3 is 2.48 bits per heavy atom. The highest BCUT2D eigenvalue weighted by Crippen LogP contribution is 2.27. The van der Waals surface area contributed by atoms with Gasteiger partial charge >= 0.3 is 0 Å². The summed E-state index contributed by atoms with van der Waals surface area (Å²) >= 11 is 3.30. The molecular formula is C16H23N3S2. The molecule has 0 aliphatic rings. The molecule has 0 spiro atoms. The number of thioether (sulfide) groups is 1. The van der Waals surface area contributed by atoms with Crippen LogP contribution in [0.25, 0.3) is 0 Å². The molecule has 0 bridgehead atoms. The summed E-state index contributed by atoms with van der Waals surface area (Å²) in [6, 6.07) is 7.13. The van der Waals surface area contributed by atoms with Gasteiger partial charge in [0.1, 0.15) is 5.82 Å². The topological polar surface area (TPSA) is 37.8 Å². The van der Waals surface area contributed by atoms with Crippen LogP contribution in [0.5, 0.6) is 0 Å². The summed E-state index contributed by atoms with van der Waals surface area (Å²) in [4.78, 5) is 4.53. The van der Waals surface area contributed by atoms with Gasteiger partial charge in [-0.05, 0) is 37.5 Å². The van der Waals surface area contributed by atoms with Crippen molar-refractivity contribution in [3.05, 3.63) is 40.7 Å². The molecule has 1 atom stereocenters. The van der Waals surface area contributed by atoms with Crippen LogP contribution in [0, 0.1) is 13.8 Å². The zero-order chi connectivity index (χ0) is 15.2. The van der Waals surface area contributed by atoms with E-state index in [9.17, 15) is 0 Å². The lowest BCUT2D eigenvalue weighted by atomic mass is 10.0. The summed E-state index contributed by atoms with van der Waals surface area (Å²) in [6.45, 7) is 9.53. The average molecular weight is 322 g/mol. The van der Waals surface area contributed by atoms with Crippen LogP contribution in [0.4, 0.5) is 0 Å². The number of hydrogen-bond acceptors (Lipinski definition) is 5. The van der Waals surface area contributed by atoms with Gasteiger partial charge in [-0.3, -0.25) is 0 Å². The van der Waals surface area contributed by atoms with Gasteiger partial charge in [0.25, 0.3) is 0 Å². The predicted molar refractivity (Wildman–Crippen MR) is 92.3 cm³/mol. The van der Waals surface area contributed by atoms with E-state index in [-0.39, 0.29) is 0 Å². The normalized spacial score (nSPS) is 12.6. The first-order chi connectivity index (χ1) is 10.1. The van der Waals surface area contributed by atoms with Gasteiger partial charge in [-0.25, -0.2) is 4.98 Å². The Morgan fingerprint density at radius 2 is 1.90 bits per heavy atom. The van der Waals surface area contributed by atoms with E-state index in [2.05, 4.69) is 60.6 Å². The van der Waals surface area contributed by atoms with Crippen LogP contribution in [0.2, 0.25) is 0 Å². The molecule has 1 unspecified atom stereocenters. The number of benzene rings is 1. The third-order valence-corrected chi connectivity index (χ3v) is 5.20. The third-order valence-electron chi connectivity index (χ3n) is 3.24. The lowest BCUT2D eigenvalue weighted by molar-refractivity contribution is 0.605. The highest BCUT2D eigenvalue weighted by atomic mass is 32.2. The largest absolute Gasteiger partial charge is 0.309 e. The van der Waals surface area contributed by atoms with Gasteiger partial charge in [-0.1, -0.05) is 54.9 Å². The Labute approximate surface area is 135 Å². The van der Waals surface area contributed by atoms with Gasteiger partial charge in [0.2, 0.25) is 0 Å². The summed E-state index contributed by atoms with van der Waals surface area (Å²) in [5.41, 5.74) is 4.01. The Bertz CT molecular complexity index is 560. The zero-order valence-corrected chi connectivity index (χ0v) is 14.8. The summed E-state index contributed by atoms with van der Waals surface area (Å²) in [5.74, 6) is 1.93. The van der Waals surface area contributed by atoms with Gasteiger partial charge in [0.15, 0.2) is 4.34 Å². The van der Waals surface area contributed by atoms with Crippen LogP contribution in [0.1, 0.15) is 42.4 Å². The molecule has 1 N–H and O–H groups in total. The summed E-state index contributed by atoms with van der Waals surface area (Å²) in [5, 5.41) is 3.58. The number of nitrogens with one attached hydrogen (secondary N) is 1. The molecule has 5 heteroatoms. The fraction of sp³-hybridized carbons (Fsp3) is 0.500. The molecule has 1 aromatic carbocycles. The van der Waals surface area contributed by atoms with Crippen LogP contribution in [0.3, 0.4) is 0 Å². The standard InChI is InChI=1S/C16H23N3S2/c1-5-15-18-16(21-19-15)20-10-14(17-6-2)13-8-11(3)7-12(4)9-13/h7-9,14,17H,5-6,10H2,1-4H3. The minimum atomic E-state index is 0.354. The second kappa shape index (κ2) is 7.92. The Balaban J connectivity index is 2.07. The van der Waals surface area contributed by atoms with E-state index in [0.29, 0.717) is 6.04 Å². The third kappa shape index (κ3) is 4.80. The number of rotatable bonds is 7. The molecule has 114 valence electrons. The molecule has 1 heterocycles. The second-order valence-electron chi connectivity index (χ2n) is 5.17. The lowest BCUT2D eigenvalue weighted by Gasteiger charge is -2.18. The molecule has 0 saturated heterocycles. The molecule has 2 aromatic rings. The summed E-state index contributed by atoms with van der Waals surface area (Å²) in [7, 11) is 0. The predicted octanol–water partition coefficient (Wildman–Crippen LogP) is 4.16. The fourth-order valence-electron chi connectivity index (χ4n) is 2.33. The molecular weight excluding hydrogens is 298 g/mol. The van der Waals surface area contributed by atoms with E-state index in [1.165, 1.54) is 28.2 Å². The maximum absolute atomic E-state index is 4.53. The SMILES string of the molecule is CCNC(CSc1nc(CC)ns1)c1cc(C)cc(C)c1. The van der Waals surface area contributed by atoms with Crippen molar-refractivity contribution in [1.29, 1.82) is 0 Å². The lowest BCUT2D eigenvalue weighted by Crippen LogP contribution is -2.23. The molecule has 0 aliphatic heterocycles. The molecule has 2 rings (SSSR count). The summed E-state index contributed by atoms with van der Waals surface area (Å²) in [6.07, 6.45) is 0.908. The Hall–Kier alpha value is -0.910. The molecule has 0 saturated carbocycles. The van der Waals surface area contributed by atoms with Crippen molar-refractivity contribution >= 4 is 23.3 Å². The first-order valence-electron chi connectivity index (χ1n) is 7.39. The number of aryl methyl sites for hydroxylation is 3. The minimum absolute atomic E-state index is 0.354. The molecule has 0 radical (unpaired) electrons. The number of hydrogen-bond donors (Lipinski definition) is 1. The second-order valence-corrected chi connectivity index (χ2v) is 7.19. The first-order valence-corrected chi connectivity index (χ1v) is 9.15. The van der Waals surface area contributed by atoms with Crippen LogP contribution in [-0.2, 0) is 6.42 Å². The van der Waals surface area contributed by atoms with Gasteiger partial charge in [0.05, 0.1) is 0 Å². The fourth-order valence-corrected chi connectivity index (χ4v) is 4.14. The van der Waals surface area contributed by atoms with Crippen molar-refractivity contribution in [3.63, 3.8) is 0 Å². The van der Waals surface area contributed by atoms with Crippen molar-refractivity contribution in [2.75, 3.05) is 12.3 Å². The van der Waals surface area contributed by atoms with Gasteiger partial charge in [0, 0.05) is 18.2 Å². The van der Waals surface area contributed by atoms with Gasteiger partial charge < -0.3 is 5.32 Å².